The van der Waals surface area contributed by atoms with E-state index < -0.39 is 34.4 Å². The van der Waals surface area contributed by atoms with Crippen LogP contribution in [0.4, 0.5) is 43.4 Å². The van der Waals surface area contributed by atoms with Crippen molar-refractivity contribution in [2.75, 3.05) is 48.2 Å². The second-order valence-electron chi connectivity index (χ2n) is 9.86. The molecule has 2 saturated heterocycles. The predicted octanol–water partition coefficient (Wildman–Crippen LogP) is 5.40. The second kappa shape index (κ2) is 12.1. The molecule has 0 bridgehead atoms. The van der Waals surface area contributed by atoms with E-state index in [0.29, 0.717) is 57.5 Å². The number of piperidine rings is 2. The van der Waals surface area contributed by atoms with Gasteiger partial charge in [0.05, 0.1) is 17.2 Å². The molecule has 2 fully saturated rings. The van der Waals surface area contributed by atoms with E-state index in [1.807, 2.05) is 4.90 Å². The number of nitrogens with one attached hydrogen (secondary N) is 1. The van der Waals surface area contributed by atoms with E-state index in [2.05, 4.69) is 5.32 Å². The fourth-order valence-electron chi connectivity index (χ4n) is 4.96. The number of anilines is 3. The van der Waals surface area contributed by atoms with E-state index in [-0.39, 0.29) is 30.3 Å². The van der Waals surface area contributed by atoms with Crippen LogP contribution in [0.3, 0.4) is 0 Å². The van der Waals surface area contributed by atoms with Gasteiger partial charge in [-0.3, -0.25) is 15.2 Å². The van der Waals surface area contributed by atoms with Crippen molar-refractivity contribution in [3.8, 4) is 0 Å². The van der Waals surface area contributed by atoms with Crippen molar-refractivity contribution < 1.29 is 46.3 Å². The van der Waals surface area contributed by atoms with Gasteiger partial charge in [-0.15, -0.1) is 5.23 Å². The maximum absolute atomic E-state index is 13.3. The van der Waals surface area contributed by atoms with Crippen LogP contribution in [-0.2, 0) is 21.9 Å². The van der Waals surface area contributed by atoms with Crippen LogP contribution in [0.1, 0.15) is 36.8 Å². The van der Waals surface area contributed by atoms with Crippen molar-refractivity contribution in [3.05, 3.63) is 53.6 Å². The van der Waals surface area contributed by atoms with Crippen LogP contribution in [0.5, 0.6) is 0 Å². The third-order valence-corrected chi connectivity index (χ3v) is 7.18. The van der Waals surface area contributed by atoms with Crippen LogP contribution in [0, 0.1) is 0 Å². The Hall–Kier alpha value is -3.23. The fraction of sp³-hybridized carbons (Fsp3) is 0.500. The van der Waals surface area contributed by atoms with Crippen molar-refractivity contribution in [2.24, 2.45) is 0 Å². The molecule has 2 aromatic carbocycles. The van der Waals surface area contributed by atoms with Gasteiger partial charge in [0.15, 0.2) is 0 Å². The normalized spacial score (nSPS) is 17.7. The number of hydrogen-bond acceptors (Lipinski definition) is 7. The van der Waals surface area contributed by atoms with Gasteiger partial charge in [-0.25, -0.2) is 0 Å². The van der Waals surface area contributed by atoms with Crippen molar-refractivity contribution in [1.82, 2.24) is 4.90 Å². The minimum atomic E-state index is -4.79. The summed E-state index contributed by atoms with van der Waals surface area (Å²) in [6.07, 6.45) is -7.04. The number of ether oxygens (including phenoxy) is 1. The molecule has 0 atom stereocenters. The number of hydrogen-bond donors (Lipinski definition) is 3. The Morgan fingerprint density at radius 2 is 1.52 bits per heavy atom. The maximum Gasteiger partial charge on any atom is 0.418 e. The molecule has 2 heterocycles. The van der Waals surface area contributed by atoms with Gasteiger partial charge in [-0.1, -0.05) is 0 Å². The third kappa shape index (κ3) is 7.49. The molecule has 14 heteroatoms. The Bertz CT molecular complexity index is 1140. The summed E-state index contributed by atoms with van der Waals surface area (Å²) in [4.78, 5) is 16.3. The monoisotopic (exact) mass is 576 g/mol. The highest BCUT2D eigenvalue weighted by Crippen LogP contribution is 2.38. The summed E-state index contributed by atoms with van der Waals surface area (Å²) in [5, 5.41) is 20.6. The third-order valence-electron chi connectivity index (χ3n) is 7.18. The number of halogens is 6. The lowest BCUT2D eigenvalue weighted by Crippen LogP contribution is -2.45. The summed E-state index contributed by atoms with van der Waals surface area (Å²) in [6, 6.07) is 7.93. The first-order chi connectivity index (χ1) is 18.8. The molecule has 0 saturated carbocycles. The zero-order valence-corrected chi connectivity index (χ0v) is 21.4. The average Bonchev–Trinajstić information content (AvgIpc) is 2.91. The summed E-state index contributed by atoms with van der Waals surface area (Å²) < 4.78 is 84.0. The van der Waals surface area contributed by atoms with Gasteiger partial charge in [0.1, 0.15) is 12.3 Å². The quantitative estimate of drug-likeness (QED) is 0.301. The van der Waals surface area contributed by atoms with E-state index in [0.717, 1.165) is 24.3 Å². The van der Waals surface area contributed by atoms with Crippen LogP contribution in [-0.4, -0.2) is 66.2 Å². The molecule has 8 nitrogen and oxygen atoms in total. The predicted molar refractivity (Wildman–Crippen MR) is 133 cm³/mol. The SMILES string of the molecule is O=C(COC1CCN(c2ccc(C(F)(F)F)cc2)CC1)N1CCC(Nc2ccc(N(O)O)c(C(F)(F)F)c2)CC1. The number of alkyl halides is 6. The molecule has 0 radical (unpaired) electrons. The Balaban J connectivity index is 1.19. The van der Waals surface area contributed by atoms with Gasteiger partial charge in [0.2, 0.25) is 5.91 Å². The minimum Gasteiger partial charge on any atom is -0.382 e. The molecule has 2 aliphatic heterocycles. The zero-order chi connectivity index (χ0) is 29.1. The van der Waals surface area contributed by atoms with Crippen molar-refractivity contribution in [2.45, 2.75) is 50.2 Å². The van der Waals surface area contributed by atoms with E-state index >= 15 is 0 Å². The van der Waals surface area contributed by atoms with Crippen LogP contribution >= 0.6 is 0 Å². The Morgan fingerprint density at radius 1 is 0.900 bits per heavy atom. The molecular formula is C26H30F6N4O4. The Morgan fingerprint density at radius 3 is 2.08 bits per heavy atom. The van der Waals surface area contributed by atoms with Gasteiger partial charge in [0, 0.05) is 43.6 Å². The Labute approximate surface area is 226 Å². The second-order valence-corrected chi connectivity index (χ2v) is 9.86. The van der Waals surface area contributed by atoms with Gasteiger partial charge in [0.25, 0.3) is 0 Å². The number of benzene rings is 2. The molecule has 0 unspecified atom stereocenters. The number of nitrogens with zero attached hydrogens (tertiary/aromatic N) is 3. The van der Waals surface area contributed by atoms with E-state index in [9.17, 15) is 31.1 Å². The number of rotatable bonds is 7. The van der Waals surface area contributed by atoms with Crippen LogP contribution in [0.15, 0.2) is 42.5 Å². The van der Waals surface area contributed by atoms with Gasteiger partial charge < -0.3 is 19.9 Å². The highest BCUT2D eigenvalue weighted by atomic mass is 19.4. The molecule has 0 spiro atoms. The lowest BCUT2D eigenvalue weighted by atomic mass is 10.0. The number of likely N-dealkylation sites (tertiary alicyclic amines) is 1. The summed E-state index contributed by atoms with van der Waals surface area (Å²) in [7, 11) is 0. The van der Waals surface area contributed by atoms with E-state index in [4.69, 9.17) is 15.2 Å². The minimum absolute atomic E-state index is 0.0989. The lowest BCUT2D eigenvalue weighted by molar-refractivity contribution is -0.140. The first-order valence-electron chi connectivity index (χ1n) is 12.8. The molecular weight excluding hydrogens is 546 g/mol. The molecule has 0 aliphatic carbocycles. The molecule has 1 amide bonds. The van der Waals surface area contributed by atoms with Crippen molar-refractivity contribution >= 4 is 23.0 Å². The van der Waals surface area contributed by atoms with Crippen LogP contribution in [0.25, 0.3) is 0 Å². The first kappa shape index (κ1) is 29.7. The molecule has 4 rings (SSSR count). The fourth-order valence-corrected chi connectivity index (χ4v) is 4.96. The van der Waals surface area contributed by atoms with E-state index in [1.165, 1.54) is 18.2 Å². The largest absolute Gasteiger partial charge is 0.418 e. The lowest BCUT2D eigenvalue weighted by Gasteiger charge is -2.35. The van der Waals surface area contributed by atoms with Crippen LogP contribution < -0.4 is 15.4 Å². The molecule has 40 heavy (non-hydrogen) atoms. The molecule has 0 aromatic heterocycles. The number of carbonyl (C=O) groups is 1. The smallest absolute Gasteiger partial charge is 0.382 e. The average molecular weight is 577 g/mol. The number of carbonyl (C=O) groups excluding carboxylic acids is 1. The van der Waals surface area contributed by atoms with Crippen molar-refractivity contribution in [3.63, 3.8) is 0 Å². The standard InChI is InChI=1S/C26H30F6N4O4/c27-25(28,29)17-1-4-20(5-2-17)34-13-9-21(10-14-34)40-16-24(37)35-11-7-18(8-12-35)33-19-3-6-23(36(38)39)22(15-19)26(30,31)32/h1-6,15,18,21,33,38-39H,7-14,16H2. The first-order valence-corrected chi connectivity index (χ1v) is 12.8. The molecule has 220 valence electrons. The summed E-state index contributed by atoms with van der Waals surface area (Å²) in [5.41, 5.74) is -1.80. The molecule has 3 N–H and O–H groups in total. The molecule has 2 aliphatic rings. The molecule has 2 aromatic rings. The van der Waals surface area contributed by atoms with Crippen LogP contribution in [0.2, 0.25) is 0 Å². The highest BCUT2D eigenvalue weighted by molar-refractivity contribution is 5.77. The number of amides is 1. The zero-order valence-electron chi connectivity index (χ0n) is 21.4. The summed E-state index contributed by atoms with van der Waals surface area (Å²) >= 11 is 0. The van der Waals surface area contributed by atoms with Gasteiger partial charge in [-0.05, 0) is 68.1 Å². The summed E-state index contributed by atoms with van der Waals surface area (Å²) in [6.45, 7) is 1.88. The summed E-state index contributed by atoms with van der Waals surface area (Å²) in [5.74, 6) is -0.182. The maximum atomic E-state index is 13.3. The highest BCUT2D eigenvalue weighted by Gasteiger charge is 2.36. The topological polar surface area (TPSA) is 88.5 Å². The Kier molecular flexibility index (Phi) is 9.00. The van der Waals surface area contributed by atoms with E-state index in [1.54, 1.807) is 4.90 Å². The van der Waals surface area contributed by atoms with Gasteiger partial charge in [-0.2, -0.15) is 26.3 Å². The van der Waals surface area contributed by atoms with Crippen molar-refractivity contribution in [1.29, 1.82) is 0 Å². The van der Waals surface area contributed by atoms with Gasteiger partial charge >= 0.3 is 12.4 Å².